The van der Waals surface area contributed by atoms with E-state index < -0.39 is 0 Å². The van der Waals surface area contributed by atoms with Crippen molar-refractivity contribution in [3.63, 3.8) is 0 Å². The lowest BCUT2D eigenvalue weighted by Gasteiger charge is -2.29. The molecule has 3 unspecified atom stereocenters. The van der Waals surface area contributed by atoms with Crippen molar-refractivity contribution in [3.8, 4) is 0 Å². The minimum Gasteiger partial charge on any atom is -0.370 e. The van der Waals surface area contributed by atoms with Crippen molar-refractivity contribution in [2.24, 2.45) is 22.6 Å². The number of carbonyl (C=O) groups excluding carboxylic acids is 2. The van der Waals surface area contributed by atoms with E-state index in [1.807, 2.05) is 48.5 Å². The number of nitrogens with two attached hydrogens (primary N) is 1. The number of urea groups is 1. The van der Waals surface area contributed by atoms with Crippen LogP contribution in [0.25, 0.3) is 0 Å². The normalized spacial score (nSPS) is 18.2. The molecule has 218 valence electrons. The first-order valence-electron chi connectivity index (χ1n) is 14.9. The van der Waals surface area contributed by atoms with Crippen molar-refractivity contribution in [2.75, 3.05) is 39.3 Å². The fourth-order valence-electron chi connectivity index (χ4n) is 5.49. The summed E-state index contributed by atoms with van der Waals surface area (Å²) in [5.74, 6) is 0.813. The molecule has 2 aromatic carbocycles. The molecule has 40 heavy (non-hydrogen) atoms. The van der Waals surface area contributed by atoms with Gasteiger partial charge >= 0.3 is 6.03 Å². The molecule has 3 rings (SSSR count). The number of hydrogen-bond acceptors (Lipinski definition) is 4. The second-order valence-corrected chi connectivity index (χ2v) is 10.8. The molecular weight excluding hydrogens is 500 g/mol. The predicted molar refractivity (Wildman–Crippen MR) is 163 cm³/mol. The first-order chi connectivity index (χ1) is 19.5. The van der Waals surface area contributed by atoms with Gasteiger partial charge in [-0.2, -0.15) is 0 Å². The zero-order valence-electron chi connectivity index (χ0n) is 24.3. The molecule has 0 spiro atoms. The summed E-state index contributed by atoms with van der Waals surface area (Å²) < 4.78 is 0. The van der Waals surface area contributed by atoms with Gasteiger partial charge in [-0.1, -0.05) is 80.9 Å². The molecule has 0 aliphatic heterocycles. The number of nitrogens with zero attached hydrogens (tertiary/aromatic N) is 2. The maximum Gasteiger partial charge on any atom is 0.321 e. The van der Waals surface area contributed by atoms with Gasteiger partial charge in [0.05, 0.1) is 5.92 Å². The van der Waals surface area contributed by atoms with E-state index in [0.717, 1.165) is 62.9 Å². The van der Waals surface area contributed by atoms with Gasteiger partial charge in [0.2, 0.25) is 5.91 Å². The van der Waals surface area contributed by atoms with E-state index in [9.17, 15) is 9.59 Å². The molecule has 0 aromatic heterocycles. The minimum atomic E-state index is -0.312. The highest BCUT2D eigenvalue weighted by atomic mass is 16.2. The van der Waals surface area contributed by atoms with Gasteiger partial charge in [0.1, 0.15) is 0 Å². The Balaban J connectivity index is 1.42. The van der Waals surface area contributed by atoms with Crippen molar-refractivity contribution in [3.05, 3.63) is 71.8 Å². The highest BCUT2D eigenvalue weighted by molar-refractivity contribution is 5.95. The summed E-state index contributed by atoms with van der Waals surface area (Å²) in [7, 11) is 0. The largest absolute Gasteiger partial charge is 0.370 e. The van der Waals surface area contributed by atoms with E-state index in [-0.39, 0.29) is 23.8 Å². The summed E-state index contributed by atoms with van der Waals surface area (Å²) in [6.07, 6.45) is 5.84. The van der Waals surface area contributed by atoms with Crippen molar-refractivity contribution in [1.29, 1.82) is 0 Å². The number of amides is 3. The van der Waals surface area contributed by atoms with Crippen molar-refractivity contribution >= 4 is 17.9 Å². The first kappa shape index (κ1) is 31.1. The Morgan fingerprint density at radius 2 is 1.65 bits per heavy atom. The van der Waals surface area contributed by atoms with Crippen molar-refractivity contribution in [2.45, 2.75) is 58.3 Å². The van der Waals surface area contributed by atoms with Gasteiger partial charge in [0.15, 0.2) is 5.96 Å². The summed E-state index contributed by atoms with van der Waals surface area (Å²) in [6, 6.07) is 19.9. The third-order valence-electron chi connectivity index (χ3n) is 7.85. The van der Waals surface area contributed by atoms with Crippen LogP contribution in [0.5, 0.6) is 0 Å². The van der Waals surface area contributed by atoms with Crippen LogP contribution in [-0.2, 0) is 11.2 Å². The highest BCUT2D eigenvalue weighted by Crippen LogP contribution is 2.29. The van der Waals surface area contributed by atoms with E-state index in [1.165, 1.54) is 0 Å². The summed E-state index contributed by atoms with van der Waals surface area (Å²) in [5.41, 5.74) is 8.18. The maximum absolute atomic E-state index is 13.4. The van der Waals surface area contributed by atoms with Crippen LogP contribution in [0, 0.1) is 11.8 Å². The number of guanidine groups is 1. The lowest BCUT2D eigenvalue weighted by Crippen LogP contribution is -2.44. The van der Waals surface area contributed by atoms with Crippen LogP contribution in [0.3, 0.4) is 0 Å². The molecule has 8 nitrogen and oxygen atoms in total. The molecule has 0 saturated heterocycles. The second-order valence-electron chi connectivity index (χ2n) is 10.8. The number of benzene rings is 2. The number of carbonyl (C=O) groups is 2. The highest BCUT2D eigenvalue weighted by Gasteiger charge is 2.25. The molecule has 1 saturated carbocycles. The Hall–Kier alpha value is -3.39. The Morgan fingerprint density at radius 1 is 0.975 bits per heavy atom. The summed E-state index contributed by atoms with van der Waals surface area (Å²) >= 11 is 0. The first-order valence-corrected chi connectivity index (χ1v) is 14.9. The molecule has 8 heteroatoms. The lowest BCUT2D eigenvalue weighted by atomic mass is 9.81. The zero-order valence-corrected chi connectivity index (χ0v) is 24.3. The molecule has 2 aromatic rings. The monoisotopic (exact) mass is 548 g/mol. The van der Waals surface area contributed by atoms with Gasteiger partial charge in [-0.25, -0.2) is 4.79 Å². The minimum absolute atomic E-state index is 0.0757. The second kappa shape index (κ2) is 17.3. The molecule has 3 atom stereocenters. The molecule has 5 N–H and O–H groups in total. The summed E-state index contributed by atoms with van der Waals surface area (Å²) in [6.45, 7) is 9.11. The van der Waals surface area contributed by atoms with Crippen LogP contribution in [0.15, 0.2) is 65.7 Å². The average Bonchev–Trinajstić information content (AvgIpc) is 2.99. The third-order valence-corrected chi connectivity index (χ3v) is 7.85. The van der Waals surface area contributed by atoms with Gasteiger partial charge in [-0.3, -0.25) is 15.1 Å². The molecule has 0 radical (unpaired) electrons. The van der Waals surface area contributed by atoms with Crippen LogP contribution < -0.4 is 21.7 Å². The van der Waals surface area contributed by atoms with Crippen LogP contribution in [0.1, 0.15) is 63.0 Å². The van der Waals surface area contributed by atoms with Crippen LogP contribution in [-0.4, -0.2) is 62.1 Å². The predicted octanol–water partition coefficient (Wildman–Crippen LogP) is 4.28. The van der Waals surface area contributed by atoms with Gasteiger partial charge < -0.3 is 21.3 Å². The van der Waals surface area contributed by atoms with Crippen LogP contribution in [0.4, 0.5) is 4.79 Å². The van der Waals surface area contributed by atoms with E-state index >= 15 is 0 Å². The quantitative estimate of drug-likeness (QED) is 0.160. The topological polar surface area (TPSA) is 112 Å². The third kappa shape index (κ3) is 11.0. The molecule has 1 fully saturated rings. The fraction of sp³-hybridized carbons (Fsp3) is 0.531. The Bertz CT molecular complexity index is 1040. The lowest BCUT2D eigenvalue weighted by molar-refractivity contribution is -0.122. The van der Waals surface area contributed by atoms with E-state index in [1.54, 1.807) is 0 Å². The SMILES string of the molecule is CCN(CC)CCCNC(=O)NC(N)=NCC1CCCC(CNC(=O)C(Cc2ccccc2)c2ccccc2)C1. The molecule has 0 bridgehead atoms. The van der Waals surface area contributed by atoms with Crippen molar-refractivity contribution in [1.82, 2.24) is 20.9 Å². The van der Waals surface area contributed by atoms with Crippen LogP contribution in [0.2, 0.25) is 0 Å². The Labute approximate surface area is 240 Å². The van der Waals surface area contributed by atoms with Gasteiger partial charge in [0.25, 0.3) is 0 Å². The van der Waals surface area contributed by atoms with E-state index in [0.29, 0.717) is 37.9 Å². The van der Waals surface area contributed by atoms with Crippen molar-refractivity contribution < 1.29 is 9.59 Å². The molecule has 0 heterocycles. The average molecular weight is 549 g/mol. The molecule has 3 amide bonds. The number of hydrogen-bond donors (Lipinski definition) is 4. The zero-order chi connectivity index (χ0) is 28.6. The summed E-state index contributed by atoms with van der Waals surface area (Å²) in [4.78, 5) is 32.2. The van der Waals surface area contributed by atoms with E-state index in [4.69, 9.17) is 5.73 Å². The number of rotatable bonds is 14. The molecule has 1 aliphatic rings. The number of nitrogens with one attached hydrogen (secondary N) is 3. The van der Waals surface area contributed by atoms with Gasteiger partial charge in [-0.05, 0) is 74.7 Å². The molecule has 1 aliphatic carbocycles. The van der Waals surface area contributed by atoms with Crippen LogP contribution >= 0.6 is 0 Å². The Morgan fingerprint density at radius 3 is 2.35 bits per heavy atom. The smallest absolute Gasteiger partial charge is 0.321 e. The Kier molecular flexibility index (Phi) is 13.5. The number of aliphatic imine (C=N–C) groups is 1. The van der Waals surface area contributed by atoms with E-state index in [2.05, 4.69) is 51.8 Å². The molecular formula is C32H48N6O2. The van der Waals surface area contributed by atoms with Gasteiger partial charge in [0, 0.05) is 19.6 Å². The van der Waals surface area contributed by atoms with Gasteiger partial charge in [-0.15, -0.1) is 0 Å². The maximum atomic E-state index is 13.4. The standard InChI is InChI=1S/C32H48N6O2/c1-3-38(4-2)20-12-19-34-32(40)37-31(33)36-24-27-16-11-15-26(21-27)23-35-30(39)29(28-17-9-6-10-18-28)22-25-13-7-5-8-14-25/h5-10,13-14,17-18,26-27,29H,3-4,11-12,15-16,19-24H2,1-2H3,(H,35,39)(H4,33,34,36,37,40). The summed E-state index contributed by atoms with van der Waals surface area (Å²) in [5, 5.41) is 8.74. The fourth-order valence-corrected chi connectivity index (χ4v) is 5.49.